The molecule has 124 valence electrons. The van der Waals surface area contributed by atoms with Crippen LogP contribution in [0.4, 0.5) is 0 Å². The van der Waals surface area contributed by atoms with Crippen molar-refractivity contribution in [2.45, 2.75) is 30.7 Å². The highest BCUT2D eigenvalue weighted by molar-refractivity contribution is 8.00. The molecule has 0 radical (unpaired) electrons. The van der Waals surface area contributed by atoms with Crippen molar-refractivity contribution >= 4 is 23.4 Å². The van der Waals surface area contributed by atoms with Gasteiger partial charge in [-0.05, 0) is 31.9 Å². The molecule has 2 heterocycles. The molecule has 0 saturated carbocycles. The summed E-state index contributed by atoms with van der Waals surface area (Å²) >= 11 is 1.36. The summed E-state index contributed by atoms with van der Waals surface area (Å²) < 4.78 is 1.71. The van der Waals surface area contributed by atoms with E-state index in [0.717, 1.165) is 17.0 Å². The normalized spacial score (nSPS) is 12.3. The molecule has 3 rings (SSSR count). The summed E-state index contributed by atoms with van der Waals surface area (Å²) in [5, 5.41) is 7.46. The summed E-state index contributed by atoms with van der Waals surface area (Å²) in [6.45, 7) is 3.89. The maximum Gasteiger partial charge on any atom is 0.253 e. The van der Waals surface area contributed by atoms with Crippen LogP contribution in [0.25, 0.3) is 5.78 Å². The van der Waals surface area contributed by atoms with E-state index in [1.54, 1.807) is 11.6 Å². The Morgan fingerprint density at radius 3 is 2.71 bits per heavy atom. The first-order valence-electron chi connectivity index (χ1n) is 7.70. The van der Waals surface area contributed by atoms with Gasteiger partial charge in [0.05, 0.1) is 5.25 Å². The third-order valence-electron chi connectivity index (χ3n) is 3.65. The number of carbonyl (C=O) groups is 1. The van der Waals surface area contributed by atoms with E-state index < -0.39 is 0 Å². The third kappa shape index (κ3) is 3.56. The highest BCUT2D eigenvalue weighted by Crippen LogP contribution is 2.24. The molecular formula is C17H19N5OS. The lowest BCUT2D eigenvalue weighted by Gasteiger charge is -2.13. The Morgan fingerprint density at radius 2 is 2.00 bits per heavy atom. The number of rotatable bonds is 5. The van der Waals surface area contributed by atoms with Gasteiger partial charge in [-0.25, -0.2) is 9.50 Å². The number of fused-ring (bicyclic) bond motifs is 1. The molecule has 1 amide bonds. The van der Waals surface area contributed by atoms with Gasteiger partial charge in [-0.15, -0.1) is 5.10 Å². The van der Waals surface area contributed by atoms with Crippen molar-refractivity contribution in [3.05, 3.63) is 53.3 Å². The van der Waals surface area contributed by atoms with E-state index in [1.165, 1.54) is 11.8 Å². The minimum absolute atomic E-state index is 0.0384. The van der Waals surface area contributed by atoms with Crippen molar-refractivity contribution < 1.29 is 4.79 Å². The van der Waals surface area contributed by atoms with Crippen LogP contribution in [0.2, 0.25) is 0 Å². The van der Waals surface area contributed by atoms with E-state index in [9.17, 15) is 4.79 Å². The zero-order chi connectivity index (χ0) is 17.1. The fourth-order valence-corrected chi connectivity index (χ4v) is 3.52. The molecule has 0 unspecified atom stereocenters. The Hall–Kier alpha value is -2.41. The van der Waals surface area contributed by atoms with Crippen LogP contribution in [0.1, 0.15) is 17.0 Å². The Kier molecular flexibility index (Phi) is 4.80. The van der Waals surface area contributed by atoms with Crippen LogP contribution in [0.15, 0.2) is 41.6 Å². The van der Waals surface area contributed by atoms with E-state index in [1.807, 2.05) is 50.2 Å². The summed E-state index contributed by atoms with van der Waals surface area (Å²) in [6, 6.07) is 11.9. The van der Waals surface area contributed by atoms with E-state index in [0.29, 0.717) is 17.4 Å². The fourth-order valence-electron chi connectivity index (χ4n) is 2.50. The molecule has 1 atom stereocenters. The molecule has 0 fully saturated rings. The molecule has 0 aliphatic heterocycles. The van der Waals surface area contributed by atoms with Gasteiger partial charge in [0.2, 0.25) is 11.1 Å². The van der Waals surface area contributed by atoms with Crippen LogP contribution < -0.4 is 5.32 Å². The van der Waals surface area contributed by atoms with E-state index in [4.69, 9.17) is 0 Å². The van der Waals surface area contributed by atoms with E-state index >= 15 is 0 Å². The number of hydrogen-bond acceptors (Lipinski definition) is 5. The second-order valence-electron chi connectivity index (χ2n) is 5.56. The average molecular weight is 341 g/mol. The number of thioether (sulfide) groups is 1. The SMILES string of the molecule is CNC(=O)[C@H](Cc1ccccc1)Sc1nc2nc(C)cc(C)n2n1. The number of benzene rings is 1. The van der Waals surface area contributed by atoms with Crippen molar-refractivity contribution in [1.29, 1.82) is 0 Å². The summed E-state index contributed by atoms with van der Waals surface area (Å²) in [7, 11) is 1.65. The number of carbonyl (C=O) groups excluding carboxylic acids is 1. The first-order chi connectivity index (χ1) is 11.6. The average Bonchev–Trinajstić information content (AvgIpc) is 2.97. The lowest BCUT2D eigenvalue weighted by molar-refractivity contribution is -0.120. The highest BCUT2D eigenvalue weighted by atomic mass is 32.2. The molecule has 0 spiro atoms. The zero-order valence-electron chi connectivity index (χ0n) is 13.9. The Labute approximate surface area is 144 Å². The zero-order valence-corrected chi connectivity index (χ0v) is 14.7. The molecule has 0 bridgehead atoms. The number of aromatic nitrogens is 4. The number of nitrogens with one attached hydrogen (secondary N) is 1. The predicted octanol–water partition coefficient (Wildman–Crippen LogP) is 2.19. The maximum atomic E-state index is 12.2. The molecular weight excluding hydrogens is 322 g/mol. The molecule has 3 aromatic rings. The molecule has 0 aliphatic rings. The summed E-state index contributed by atoms with van der Waals surface area (Å²) in [5.74, 6) is 0.522. The number of hydrogen-bond donors (Lipinski definition) is 1. The molecule has 0 aliphatic carbocycles. The Morgan fingerprint density at radius 1 is 1.25 bits per heavy atom. The van der Waals surface area contributed by atoms with Gasteiger partial charge in [-0.3, -0.25) is 4.79 Å². The van der Waals surface area contributed by atoms with Crippen LogP contribution in [0.3, 0.4) is 0 Å². The first-order valence-corrected chi connectivity index (χ1v) is 8.58. The van der Waals surface area contributed by atoms with Gasteiger partial charge in [0.15, 0.2) is 0 Å². The molecule has 2 aromatic heterocycles. The minimum atomic E-state index is -0.295. The van der Waals surface area contributed by atoms with E-state index in [-0.39, 0.29) is 11.2 Å². The predicted molar refractivity (Wildman–Crippen MR) is 94.1 cm³/mol. The molecule has 7 heteroatoms. The standard InChI is InChI=1S/C17H19N5OS/c1-11-9-12(2)22-16(19-11)20-17(21-22)24-14(15(23)18-3)10-13-7-5-4-6-8-13/h4-9,14H,10H2,1-3H3,(H,18,23)/t14-/m0/s1. The van der Waals surface area contributed by atoms with Gasteiger partial charge >= 0.3 is 0 Å². The van der Waals surface area contributed by atoms with Crippen LogP contribution in [0, 0.1) is 13.8 Å². The lowest BCUT2D eigenvalue weighted by atomic mass is 10.1. The number of aryl methyl sites for hydroxylation is 2. The second-order valence-corrected chi connectivity index (χ2v) is 6.73. The summed E-state index contributed by atoms with van der Waals surface area (Å²) in [5.41, 5.74) is 2.97. The van der Waals surface area contributed by atoms with Crippen LogP contribution in [0.5, 0.6) is 0 Å². The van der Waals surface area contributed by atoms with Crippen molar-refractivity contribution in [2.75, 3.05) is 7.05 Å². The molecule has 1 N–H and O–H groups in total. The van der Waals surface area contributed by atoms with Gasteiger partial charge in [0.1, 0.15) is 0 Å². The topological polar surface area (TPSA) is 72.2 Å². The minimum Gasteiger partial charge on any atom is -0.358 e. The highest BCUT2D eigenvalue weighted by Gasteiger charge is 2.22. The van der Waals surface area contributed by atoms with Crippen molar-refractivity contribution in [3.63, 3.8) is 0 Å². The molecule has 1 aromatic carbocycles. The number of nitrogens with zero attached hydrogens (tertiary/aromatic N) is 4. The van der Waals surface area contributed by atoms with Gasteiger partial charge in [0, 0.05) is 18.4 Å². The first kappa shape index (κ1) is 16.4. The largest absolute Gasteiger partial charge is 0.358 e. The van der Waals surface area contributed by atoms with Crippen LogP contribution in [-0.4, -0.2) is 37.8 Å². The Bertz CT molecular complexity index is 862. The molecule has 6 nitrogen and oxygen atoms in total. The summed E-state index contributed by atoms with van der Waals surface area (Å²) in [6.07, 6.45) is 0.617. The van der Waals surface area contributed by atoms with Crippen LogP contribution >= 0.6 is 11.8 Å². The van der Waals surface area contributed by atoms with Gasteiger partial charge < -0.3 is 5.32 Å². The third-order valence-corrected chi connectivity index (χ3v) is 4.70. The van der Waals surface area contributed by atoms with Gasteiger partial charge in [-0.2, -0.15) is 4.98 Å². The van der Waals surface area contributed by atoms with Crippen LogP contribution in [-0.2, 0) is 11.2 Å². The van der Waals surface area contributed by atoms with Crippen molar-refractivity contribution in [1.82, 2.24) is 24.9 Å². The quantitative estimate of drug-likeness (QED) is 0.720. The molecule has 0 saturated heterocycles. The summed E-state index contributed by atoms with van der Waals surface area (Å²) in [4.78, 5) is 21.1. The second kappa shape index (κ2) is 7.00. The van der Waals surface area contributed by atoms with E-state index in [2.05, 4.69) is 20.4 Å². The number of amides is 1. The molecule has 24 heavy (non-hydrogen) atoms. The maximum absolute atomic E-state index is 12.2. The van der Waals surface area contributed by atoms with Crippen molar-refractivity contribution in [3.8, 4) is 0 Å². The fraction of sp³-hybridized carbons (Fsp3) is 0.294. The van der Waals surface area contributed by atoms with Gasteiger partial charge in [0.25, 0.3) is 5.78 Å². The van der Waals surface area contributed by atoms with Crippen molar-refractivity contribution in [2.24, 2.45) is 0 Å². The Balaban J connectivity index is 1.87. The lowest BCUT2D eigenvalue weighted by Crippen LogP contribution is -2.31. The van der Waals surface area contributed by atoms with Gasteiger partial charge in [-0.1, -0.05) is 42.1 Å². The smallest absolute Gasteiger partial charge is 0.253 e. The monoisotopic (exact) mass is 341 g/mol.